The van der Waals surface area contributed by atoms with Crippen LogP contribution >= 0.6 is 27.5 Å². The van der Waals surface area contributed by atoms with E-state index in [2.05, 4.69) is 51.4 Å². The summed E-state index contributed by atoms with van der Waals surface area (Å²) in [5.41, 5.74) is 3.00. The first-order valence-electron chi connectivity index (χ1n) is 7.35. The second kappa shape index (κ2) is 7.47. The third-order valence-corrected chi connectivity index (χ3v) is 5.24. The number of rotatable bonds is 7. The fourth-order valence-electron chi connectivity index (χ4n) is 2.37. The highest BCUT2D eigenvalue weighted by molar-refractivity contribution is 9.10. The number of nitrogens with zero attached hydrogens (tertiary/aromatic N) is 4. The first-order valence-corrected chi connectivity index (χ1v) is 8.92. The van der Waals surface area contributed by atoms with Gasteiger partial charge in [-0.05, 0) is 47.2 Å². The Hall–Kier alpha value is -0.790. The van der Waals surface area contributed by atoms with Crippen LogP contribution in [0.2, 0.25) is 0 Å². The van der Waals surface area contributed by atoms with Crippen molar-refractivity contribution in [2.45, 2.75) is 59.1 Å². The van der Waals surface area contributed by atoms with Crippen molar-refractivity contribution in [2.75, 3.05) is 0 Å². The SMILES string of the molecule is CCCc1nnsc1C(O)Cc1c(Br)c(CC)nn1CC. The van der Waals surface area contributed by atoms with E-state index in [1.165, 1.54) is 11.5 Å². The molecule has 1 unspecified atom stereocenters. The first kappa shape index (κ1) is 16.6. The number of hydrogen-bond acceptors (Lipinski definition) is 5. The van der Waals surface area contributed by atoms with E-state index >= 15 is 0 Å². The van der Waals surface area contributed by atoms with Crippen molar-refractivity contribution < 1.29 is 5.11 Å². The zero-order valence-corrected chi connectivity index (χ0v) is 15.0. The lowest BCUT2D eigenvalue weighted by atomic mass is 10.1. The summed E-state index contributed by atoms with van der Waals surface area (Å²) < 4.78 is 6.96. The van der Waals surface area contributed by atoms with Crippen LogP contribution in [0, 0.1) is 0 Å². The van der Waals surface area contributed by atoms with E-state index in [4.69, 9.17) is 0 Å². The minimum absolute atomic E-state index is 0.530. The van der Waals surface area contributed by atoms with Gasteiger partial charge < -0.3 is 5.11 Å². The molecule has 0 aromatic carbocycles. The van der Waals surface area contributed by atoms with Crippen LogP contribution in [0.1, 0.15) is 55.3 Å². The number of aliphatic hydroxyl groups excluding tert-OH is 1. The maximum atomic E-state index is 10.6. The topological polar surface area (TPSA) is 63.8 Å². The van der Waals surface area contributed by atoms with Crippen molar-refractivity contribution in [3.8, 4) is 0 Å². The van der Waals surface area contributed by atoms with E-state index < -0.39 is 6.10 Å². The van der Waals surface area contributed by atoms with E-state index in [1.54, 1.807) is 0 Å². The van der Waals surface area contributed by atoms with Gasteiger partial charge in [0, 0.05) is 13.0 Å². The minimum Gasteiger partial charge on any atom is -0.387 e. The van der Waals surface area contributed by atoms with Gasteiger partial charge in [0.1, 0.15) is 0 Å². The smallest absolute Gasteiger partial charge is 0.0972 e. The van der Waals surface area contributed by atoms with Crippen LogP contribution in [-0.4, -0.2) is 24.5 Å². The van der Waals surface area contributed by atoms with Crippen molar-refractivity contribution in [3.63, 3.8) is 0 Å². The van der Waals surface area contributed by atoms with E-state index in [0.29, 0.717) is 6.42 Å². The molecule has 0 saturated carbocycles. The molecule has 7 heteroatoms. The van der Waals surface area contributed by atoms with Crippen LogP contribution in [0.25, 0.3) is 0 Å². The highest BCUT2D eigenvalue weighted by Crippen LogP contribution is 2.29. The Morgan fingerprint density at radius 1 is 1.29 bits per heavy atom. The maximum absolute atomic E-state index is 10.6. The molecule has 0 radical (unpaired) electrons. The van der Waals surface area contributed by atoms with E-state index in [-0.39, 0.29) is 0 Å². The molecule has 0 aliphatic rings. The standard InChI is InChI=1S/C14H21BrN4OS/c1-4-7-10-14(21-18-16-10)12(20)8-11-13(15)9(5-2)17-19(11)6-3/h12,20H,4-8H2,1-3H3. The van der Waals surface area contributed by atoms with E-state index in [0.717, 1.165) is 52.2 Å². The number of aromatic nitrogens is 4. The quantitative estimate of drug-likeness (QED) is 0.809. The Morgan fingerprint density at radius 2 is 2.05 bits per heavy atom. The van der Waals surface area contributed by atoms with Crippen LogP contribution in [-0.2, 0) is 25.8 Å². The summed E-state index contributed by atoms with van der Waals surface area (Å²) in [6.07, 6.45) is 2.69. The zero-order valence-electron chi connectivity index (χ0n) is 12.6. The average molecular weight is 373 g/mol. The molecule has 0 spiro atoms. The van der Waals surface area contributed by atoms with Gasteiger partial charge in [-0.25, -0.2) is 0 Å². The molecule has 0 bridgehead atoms. The van der Waals surface area contributed by atoms with Crippen LogP contribution in [0.3, 0.4) is 0 Å². The Morgan fingerprint density at radius 3 is 2.67 bits per heavy atom. The Balaban J connectivity index is 2.24. The van der Waals surface area contributed by atoms with Crippen LogP contribution in [0.5, 0.6) is 0 Å². The molecule has 21 heavy (non-hydrogen) atoms. The lowest BCUT2D eigenvalue weighted by Gasteiger charge is -2.11. The lowest BCUT2D eigenvalue weighted by Crippen LogP contribution is -2.09. The molecular formula is C14H21BrN4OS. The molecule has 0 amide bonds. The number of hydrogen-bond donors (Lipinski definition) is 1. The summed E-state index contributed by atoms with van der Waals surface area (Å²) >= 11 is 4.91. The molecule has 2 rings (SSSR count). The van der Waals surface area contributed by atoms with Gasteiger partial charge in [-0.1, -0.05) is 24.8 Å². The van der Waals surface area contributed by atoms with Gasteiger partial charge in [0.05, 0.1) is 32.5 Å². The highest BCUT2D eigenvalue weighted by atomic mass is 79.9. The van der Waals surface area contributed by atoms with Gasteiger partial charge >= 0.3 is 0 Å². The third-order valence-electron chi connectivity index (χ3n) is 3.46. The molecule has 2 heterocycles. The lowest BCUT2D eigenvalue weighted by molar-refractivity contribution is 0.177. The largest absolute Gasteiger partial charge is 0.387 e. The normalized spacial score (nSPS) is 12.8. The highest BCUT2D eigenvalue weighted by Gasteiger charge is 2.22. The van der Waals surface area contributed by atoms with Gasteiger partial charge in [-0.2, -0.15) is 5.10 Å². The molecular weight excluding hydrogens is 352 g/mol. The molecule has 2 aromatic rings. The zero-order chi connectivity index (χ0) is 15.4. The van der Waals surface area contributed by atoms with Crippen LogP contribution in [0.15, 0.2) is 4.47 Å². The van der Waals surface area contributed by atoms with E-state index in [1.807, 2.05) is 4.68 Å². The van der Waals surface area contributed by atoms with Crippen molar-refractivity contribution in [3.05, 3.63) is 26.4 Å². The average Bonchev–Trinajstić information content (AvgIpc) is 3.05. The molecule has 0 fully saturated rings. The van der Waals surface area contributed by atoms with Crippen LogP contribution in [0.4, 0.5) is 0 Å². The van der Waals surface area contributed by atoms with Gasteiger partial charge in [0.15, 0.2) is 0 Å². The molecule has 1 N–H and O–H groups in total. The Kier molecular flexibility index (Phi) is 5.89. The fraction of sp³-hybridized carbons (Fsp3) is 0.643. The van der Waals surface area contributed by atoms with Gasteiger partial charge in [0.25, 0.3) is 0 Å². The summed E-state index contributed by atoms with van der Waals surface area (Å²) in [6.45, 7) is 7.04. The van der Waals surface area contributed by atoms with Crippen molar-refractivity contribution >= 4 is 27.5 Å². The molecule has 116 valence electrons. The molecule has 1 atom stereocenters. The number of aryl methyl sites for hydroxylation is 3. The van der Waals surface area contributed by atoms with Crippen molar-refractivity contribution in [1.29, 1.82) is 0 Å². The summed E-state index contributed by atoms with van der Waals surface area (Å²) in [7, 11) is 0. The molecule has 0 saturated heterocycles. The summed E-state index contributed by atoms with van der Waals surface area (Å²) in [6, 6.07) is 0. The number of halogens is 1. The minimum atomic E-state index is -0.574. The Bertz CT molecular complexity index is 596. The van der Waals surface area contributed by atoms with Crippen LogP contribution < -0.4 is 0 Å². The predicted molar refractivity (Wildman–Crippen MR) is 87.5 cm³/mol. The molecule has 2 aromatic heterocycles. The van der Waals surface area contributed by atoms with Gasteiger partial charge in [-0.15, -0.1) is 5.10 Å². The third kappa shape index (κ3) is 3.52. The van der Waals surface area contributed by atoms with Crippen molar-refractivity contribution in [1.82, 2.24) is 19.4 Å². The number of aliphatic hydroxyl groups is 1. The summed E-state index contributed by atoms with van der Waals surface area (Å²) in [5, 5.41) is 19.3. The second-order valence-corrected chi connectivity index (χ2v) is 6.51. The monoisotopic (exact) mass is 372 g/mol. The maximum Gasteiger partial charge on any atom is 0.0972 e. The van der Waals surface area contributed by atoms with Gasteiger partial charge in [-0.3, -0.25) is 4.68 Å². The predicted octanol–water partition coefficient (Wildman–Crippen LogP) is 3.31. The fourth-order valence-corrected chi connectivity index (χ4v) is 3.77. The second-order valence-electron chi connectivity index (χ2n) is 4.93. The summed E-state index contributed by atoms with van der Waals surface area (Å²) in [4.78, 5) is 0.880. The molecule has 0 aliphatic heterocycles. The van der Waals surface area contributed by atoms with Crippen molar-refractivity contribution in [2.24, 2.45) is 0 Å². The molecule has 0 aliphatic carbocycles. The Labute approximate surface area is 137 Å². The van der Waals surface area contributed by atoms with Gasteiger partial charge in [0.2, 0.25) is 0 Å². The molecule has 5 nitrogen and oxygen atoms in total. The summed E-state index contributed by atoms with van der Waals surface area (Å²) in [5.74, 6) is 0. The first-order chi connectivity index (χ1) is 10.1. The van der Waals surface area contributed by atoms with E-state index in [9.17, 15) is 5.11 Å².